The van der Waals surface area contributed by atoms with Crippen LogP contribution in [0.2, 0.25) is 25.7 Å². The molecule has 0 radical (unpaired) electrons. The predicted octanol–water partition coefficient (Wildman–Crippen LogP) is -5.51. The molecule has 15 heavy (non-hydrogen) atoms. The van der Waals surface area contributed by atoms with Crippen LogP contribution in [0, 0.1) is 0 Å². The van der Waals surface area contributed by atoms with Crippen LogP contribution in [-0.4, -0.2) is 8.07 Å². The van der Waals surface area contributed by atoms with Crippen LogP contribution in [0.4, 0.5) is 0 Å². The Bertz CT molecular complexity index is 254. The quantitative estimate of drug-likeness (QED) is 0.446. The van der Waals surface area contributed by atoms with Crippen molar-refractivity contribution in [1.29, 1.82) is 0 Å². The van der Waals surface area contributed by atoms with Crippen molar-refractivity contribution in [2.45, 2.75) is 39.0 Å². The Morgan fingerprint density at radius 3 is 1.93 bits per heavy atom. The van der Waals surface area contributed by atoms with E-state index in [1.165, 1.54) is 16.3 Å². The van der Waals surface area contributed by atoms with Crippen LogP contribution in [0.5, 0.6) is 0 Å². The summed E-state index contributed by atoms with van der Waals surface area (Å²) in [6, 6.07) is 1.36. The Labute approximate surface area is 125 Å². The summed E-state index contributed by atoms with van der Waals surface area (Å²) in [6.07, 6.45) is 3.57. The second kappa shape index (κ2) is 8.38. The zero-order chi connectivity index (χ0) is 9.35. The fraction of sp³-hybridized carbons (Fsp3) is 0.600. The molecule has 86 valence electrons. The summed E-state index contributed by atoms with van der Waals surface area (Å²) in [6.45, 7) is 9.61. The smallest absolute Gasteiger partial charge is 1.00 e. The van der Waals surface area contributed by atoms with E-state index in [0.29, 0.717) is 0 Å². The summed E-state index contributed by atoms with van der Waals surface area (Å²) in [4.78, 5) is 0. The van der Waals surface area contributed by atoms with Gasteiger partial charge in [0.15, 0.2) is 0 Å². The molecule has 0 bridgehead atoms. The molecule has 0 unspecified atom stereocenters. The molecule has 0 aromatic carbocycles. The van der Waals surface area contributed by atoms with Gasteiger partial charge in [-0.1, -0.05) is 0 Å². The zero-order valence-corrected chi connectivity index (χ0v) is 14.5. The van der Waals surface area contributed by atoms with Gasteiger partial charge in [-0.15, -0.1) is 0 Å². The van der Waals surface area contributed by atoms with E-state index in [0.717, 1.165) is 0 Å². The monoisotopic (exact) mass is 318 g/mol. The Balaban J connectivity index is -0.000000480. The van der Waals surface area contributed by atoms with Gasteiger partial charge in [0, 0.05) is 0 Å². The molecule has 1 rings (SSSR count). The molecule has 0 aromatic rings. The van der Waals surface area contributed by atoms with Crippen LogP contribution < -0.4 is 37.2 Å². The molecular formula is C10H17Cl3SiTi. The topological polar surface area (TPSA) is 0 Å². The normalized spacial score (nSPS) is 14.9. The van der Waals surface area contributed by atoms with Crippen molar-refractivity contribution in [3.63, 3.8) is 0 Å². The van der Waals surface area contributed by atoms with Gasteiger partial charge >= 0.3 is 88.6 Å². The maximum Gasteiger partial charge on any atom is -1.00 e. The number of halogens is 3. The van der Waals surface area contributed by atoms with Crippen LogP contribution in [0.15, 0.2) is 21.1 Å². The average molecular weight is 320 g/mol. The van der Waals surface area contributed by atoms with Gasteiger partial charge in [0.25, 0.3) is 0 Å². The van der Waals surface area contributed by atoms with Gasteiger partial charge in [0.05, 0.1) is 0 Å². The SMILES string of the molecule is CC1=C(C[Si](C)(C)C)[C]([Ti+3])=CC1.[Cl-].[Cl-].[Cl-]. The third kappa shape index (κ3) is 7.25. The standard InChI is InChI=1S/C10H17Si.3ClH.Ti/c1-9-6-5-7-10(9)8-11(2,3)4;;;;/h5H,6,8H2,1-4H3;3*1H;/q;;;;+3/p-3. The predicted molar refractivity (Wildman–Crippen MR) is 53.6 cm³/mol. The molecule has 0 saturated carbocycles. The molecule has 0 amide bonds. The first-order valence-corrected chi connectivity index (χ1v) is 9.00. The zero-order valence-electron chi connectivity index (χ0n) is 9.63. The van der Waals surface area contributed by atoms with E-state index in [1.54, 1.807) is 11.1 Å². The van der Waals surface area contributed by atoms with Crippen LogP contribution in [0.3, 0.4) is 0 Å². The van der Waals surface area contributed by atoms with Gasteiger partial charge in [-0.05, 0) is 0 Å². The maximum atomic E-state index is 2.44. The Morgan fingerprint density at radius 2 is 1.67 bits per heavy atom. The maximum absolute atomic E-state index is 2.44. The molecule has 0 aromatic heterocycles. The third-order valence-electron chi connectivity index (χ3n) is 2.16. The fourth-order valence-corrected chi connectivity index (χ4v) is 3.97. The van der Waals surface area contributed by atoms with E-state index in [-0.39, 0.29) is 37.2 Å². The molecule has 0 N–H and O–H groups in total. The molecule has 0 saturated heterocycles. The molecule has 0 atom stereocenters. The first-order chi connectivity index (χ1) is 5.40. The summed E-state index contributed by atoms with van der Waals surface area (Å²) in [5.41, 5.74) is 3.27. The average Bonchev–Trinajstić information content (AvgIpc) is 2.16. The number of allylic oxidation sites excluding steroid dienone is 4. The molecule has 0 fully saturated rings. The van der Waals surface area contributed by atoms with E-state index in [1.807, 2.05) is 0 Å². The fourth-order valence-electron chi connectivity index (χ4n) is 1.51. The van der Waals surface area contributed by atoms with Crippen molar-refractivity contribution < 1.29 is 57.7 Å². The van der Waals surface area contributed by atoms with Gasteiger partial charge in [-0.3, -0.25) is 0 Å². The third-order valence-corrected chi connectivity index (χ3v) is 4.36. The summed E-state index contributed by atoms with van der Waals surface area (Å²) in [7, 11) is -0.905. The Morgan fingerprint density at radius 1 is 1.20 bits per heavy atom. The summed E-state index contributed by atoms with van der Waals surface area (Å²) in [5, 5.41) is 0. The van der Waals surface area contributed by atoms with Crippen LogP contribution in [0.25, 0.3) is 0 Å². The second-order valence-corrected chi connectivity index (χ2v) is 11.1. The van der Waals surface area contributed by atoms with E-state index in [9.17, 15) is 0 Å². The molecule has 1 aliphatic rings. The molecule has 1 aliphatic carbocycles. The van der Waals surface area contributed by atoms with Gasteiger partial charge in [0.1, 0.15) is 0 Å². The van der Waals surface area contributed by atoms with Gasteiger partial charge in [0.2, 0.25) is 0 Å². The van der Waals surface area contributed by atoms with E-state index >= 15 is 0 Å². The number of rotatable bonds is 2. The number of hydrogen-bond acceptors (Lipinski definition) is 0. The summed E-state index contributed by atoms with van der Waals surface area (Å²) in [5.74, 6) is 0. The largest absolute Gasteiger partial charge is 1.00 e. The Kier molecular flexibility index (Phi) is 12.0. The molecule has 0 aliphatic heterocycles. The first-order valence-electron chi connectivity index (χ1n) is 4.51. The minimum Gasteiger partial charge on any atom is -1.00 e. The van der Waals surface area contributed by atoms with E-state index in [4.69, 9.17) is 0 Å². The molecule has 0 nitrogen and oxygen atoms in total. The van der Waals surface area contributed by atoms with Crippen molar-refractivity contribution in [3.8, 4) is 0 Å². The van der Waals surface area contributed by atoms with Crippen molar-refractivity contribution >= 4 is 8.07 Å². The molecular weight excluding hydrogens is 302 g/mol. The van der Waals surface area contributed by atoms with Gasteiger partial charge in [-0.25, -0.2) is 0 Å². The van der Waals surface area contributed by atoms with Gasteiger partial charge < -0.3 is 37.2 Å². The second-order valence-electron chi connectivity index (χ2n) is 4.82. The van der Waals surface area contributed by atoms with Crippen molar-refractivity contribution in [2.24, 2.45) is 0 Å². The van der Waals surface area contributed by atoms with Crippen molar-refractivity contribution in [3.05, 3.63) is 21.1 Å². The molecule has 0 heterocycles. The molecule has 0 spiro atoms. The van der Waals surface area contributed by atoms with Gasteiger partial charge in [-0.2, -0.15) is 0 Å². The van der Waals surface area contributed by atoms with Crippen LogP contribution in [0.1, 0.15) is 13.3 Å². The van der Waals surface area contributed by atoms with E-state index in [2.05, 4.69) is 53.1 Å². The summed E-state index contributed by atoms with van der Waals surface area (Å²) >= 11 is 2.26. The molecule has 5 heteroatoms. The minimum atomic E-state index is -0.905. The van der Waals surface area contributed by atoms with E-state index < -0.39 is 8.07 Å². The number of hydrogen-bond donors (Lipinski definition) is 0. The van der Waals surface area contributed by atoms with Crippen LogP contribution in [-0.2, 0) is 20.4 Å². The minimum absolute atomic E-state index is 0. The van der Waals surface area contributed by atoms with Crippen molar-refractivity contribution in [2.75, 3.05) is 0 Å². The van der Waals surface area contributed by atoms with Crippen LogP contribution >= 0.6 is 0 Å². The van der Waals surface area contributed by atoms with Crippen molar-refractivity contribution in [1.82, 2.24) is 0 Å². The first kappa shape index (κ1) is 21.6. The Hall–Kier alpha value is 1.28. The summed E-state index contributed by atoms with van der Waals surface area (Å²) < 4.78 is 1.54.